The molecule has 0 bridgehead atoms. The number of halogens is 1. The van der Waals surface area contributed by atoms with E-state index in [0.29, 0.717) is 35.1 Å². The Balaban J connectivity index is 1.64. The number of anilines is 2. The first-order valence-corrected chi connectivity index (χ1v) is 13.3. The van der Waals surface area contributed by atoms with Gasteiger partial charge in [-0.3, -0.25) is 13.9 Å². The second kappa shape index (κ2) is 10.6. The first-order chi connectivity index (χ1) is 17.3. The standard InChI is InChI=1S/C26H26ClN3O5S/c1-3-29(4-2)26(32)20-9-5-6-10-21(20)28-25(31)24-17-30(22-11-7-8-12-23(22)35-24)36(33,34)19-15-13-18(27)14-16-19/h5-16,24H,3-4,17H2,1-2H3,(H,28,31)/t24-/m0/s1. The number of nitrogens with zero attached hydrogens (tertiary/aromatic N) is 2. The van der Waals surface area contributed by atoms with Crippen LogP contribution in [-0.2, 0) is 14.8 Å². The Bertz CT molecular complexity index is 1370. The molecule has 1 N–H and O–H groups in total. The molecule has 1 atom stereocenters. The first-order valence-electron chi connectivity index (χ1n) is 11.5. The summed E-state index contributed by atoms with van der Waals surface area (Å²) in [5.41, 5.74) is 0.999. The lowest BCUT2D eigenvalue weighted by Gasteiger charge is -2.34. The molecule has 0 aliphatic carbocycles. The van der Waals surface area contributed by atoms with Gasteiger partial charge in [-0.2, -0.15) is 0 Å². The Morgan fingerprint density at radius 1 is 1.00 bits per heavy atom. The van der Waals surface area contributed by atoms with E-state index < -0.39 is 22.0 Å². The quantitative estimate of drug-likeness (QED) is 0.491. The van der Waals surface area contributed by atoms with Gasteiger partial charge in [0.25, 0.3) is 21.8 Å². The van der Waals surface area contributed by atoms with E-state index >= 15 is 0 Å². The van der Waals surface area contributed by atoms with Crippen molar-refractivity contribution in [3.63, 3.8) is 0 Å². The molecule has 4 rings (SSSR count). The van der Waals surface area contributed by atoms with E-state index in [1.165, 1.54) is 24.3 Å². The molecule has 2 amide bonds. The molecule has 0 aromatic heterocycles. The Kier molecular flexibility index (Phi) is 7.51. The van der Waals surface area contributed by atoms with Crippen LogP contribution in [-0.4, -0.2) is 50.9 Å². The molecule has 0 spiro atoms. The molecule has 1 heterocycles. The minimum Gasteiger partial charge on any atom is -0.476 e. The number of benzene rings is 3. The first kappa shape index (κ1) is 25.5. The van der Waals surface area contributed by atoms with Gasteiger partial charge in [-0.1, -0.05) is 35.9 Å². The van der Waals surface area contributed by atoms with Crippen LogP contribution < -0.4 is 14.4 Å². The van der Waals surface area contributed by atoms with E-state index in [2.05, 4.69) is 5.32 Å². The van der Waals surface area contributed by atoms with Gasteiger partial charge in [0.05, 0.1) is 28.4 Å². The molecule has 10 heteroatoms. The van der Waals surface area contributed by atoms with Crippen molar-refractivity contribution in [3.8, 4) is 5.75 Å². The lowest BCUT2D eigenvalue weighted by molar-refractivity contribution is -0.122. The average Bonchev–Trinajstić information content (AvgIpc) is 2.89. The van der Waals surface area contributed by atoms with Gasteiger partial charge >= 0.3 is 0 Å². The topological polar surface area (TPSA) is 96.0 Å². The fourth-order valence-electron chi connectivity index (χ4n) is 3.97. The molecule has 0 unspecified atom stereocenters. The van der Waals surface area contributed by atoms with Crippen LogP contribution in [0.2, 0.25) is 5.02 Å². The molecule has 0 saturated carbocycles. The van der Waals surface area contributed by atoms with Crippen molar-refractivity contribution in [3.05, 3.63) is 83.4 Å². The van der Waals surface area contributed by atoms with Crippen molar-refractivity contribution in [2.75, 3.05) is 29.3 Å². The maximum atomic E-state index is 13.5. The molecule has 3 aromatic rings. The zero-order valence-corrected chi connectivity index (χ0v) is 21.4. The van der Waals surface area contributed by atoms with E-state index in [4.69, 9.17) is 16.3 Å². The van der Waals surface area contributed by atoms with Crippen LogP contribution in [0.1, 0.15) is 24.2 Å². The number of amides is 2. The van der Waals surface area contributed by atoms with Gasteiger partial charge in [-0.25, -0.2) is 8.42 Å². The third kappa shape index (κ3) is 5.03. The van der Waals surface area contributed by atoms with Crippen molar-refractivity contribution >= 4 is 44.8 Å². The summed E-state index contributed by atoms with van der Waals surface area (Å²) in [6.45, 7) is 4.56. The molecule has 1 aliphatic heterocycles. The number of nitrogens with one attached hydrogen (secondary N) is 1. The Morgan fingerprint density at radius 2 is 1.64 bits per heavy atom. The van der Waals surface area contributed by atoms with Crippen LogP contribution in [0.4, 0.5) is 11.4 Å². The molecule has 188 valence electrons. The zero-order chi connectivity index (χ0) is 25.9. The summed E-state index contributed by atoms with van der Waals surface area (Å²) in [4.78, 5) is 28.0. The number of carbonyl (C=O) groups is 2. The van der Waals surface area contributed by atoms with Crippen molar-refractivity contribution in [1.82, 2.24) is 4.90 Å². The van der Waals surface area contributed by atoms with E-state index in [9.17, 15) is 18.0 Å². The molecule has 8 nitrogen and oxygen atoms in total. The number of hydrogen-bond acceptors (Lipinski definition) is 5. The highest BCUT2D eigenvalue weighted by Gasteiger charge is 2.37. The van der Waals surface area contributed by atoms with Crippen LogP contribution in [0.5, 0.6) is 5.75 Å². The van der Waals surface area contributed by atoms with Gasteiger partial charge in [0.15, 0.2) is 6.10 Å². The Hall–Kier alpha value is -3.56. The van der Waals surface area contributed by atoms with E-state index in [1.807, 2.05) is 13.8 Å². The Morgan fingerprint density at radius 3 is 2.33 bits per heavy atom. The van der Waals surface area contributed by atoms with Crippen molar-refractivity contribution < 1.29 is 22.7 Å². The lowest BCUT2D eigenvalue weighted by atomic mass is 10.1. The van der Waals surface area contributed by atoms with E-state index in [-0.39, 0.29) is 23.1 Å². The predicted molar refractivity (Wildman–Crippen MR) is 139 cm³/mol. The van der Waals surface area contributed by atoms with E-state index in [0.717, 1.165) is 4.31 Å². The maximum Gasteiger partial charge on any atom is 0.267 e. The number of rotatable bonds is 7. The van der Waals surface area contributed by atoms with E-state index in [1.54, 1.807) is 53.4 Å². The van der Waals surface area contributed by atoms with Crippen molar-refractivity contribution in [1.29, 1.82) is 0 Å². The van der Waals surface area contributed by atoms with Crippen LogP contribution in [0.25, 0.3) is 0 Å². The highest BCUT2D eigenvalue weighted by atomic mass is 35.5. The summed E-state index contributed by atoms with van der Waals surface area (Å²) in [5, 5.41) is 3.17. The minimum absolute atomic E-state index is 0.0397. The summed E-state index contributed by atoms with van der Waals surface area (Å²) in [6.07, 6.45) is -1.15. The summed E-state index contributed by atoms with van der Waals surface area (Å²) >= 11 is 5.94. The third-order valence-corrected chi connectivity index (χ3v) is 7.94. The minimum atomic E-state index is -4.02. The number of carbonyl (C=O) groups excluding carboxylic acids is 2. The number of hydrogen-bond donors (Lipinski definition) is 1. The van der Waals surface area contributed by atoms with Crippen LogP contribution in [0.15, 0.2) is 77.7 Å². The maximum absolute atomic E-state index is 13.5. The molecular formula is C26H26ClN3O5S. The summed E-state index contributed by atoms with van der Waals surface area (Å²) < 4.78 is 34.1. The van der Waals surface area contributed by atoms with Crippen LogP contribution in [0.3, 0.4) is 0 Å². The largest absolute Gasteiger partial charge is 0.476 e. The van der Waals surface area contributed by atoms with Gasteiger partial charge in [0, 0.05) is 18.1 Å². The SMILES string of the molecule is CCN(CC)C(=O)c1ccccc1NC(=O)[C@@H]1CN(S(=O)(=O)c2ccc(Cl)cc2)c2ccccc2O1. The lowest BCUT2D eigenvalue weighted by Crippen LogP contribution is -2.49. The summed E-state index contributed by atoms with van der Waals surface area (Å²) in [6, 6.07) is 19.2. The predicted octanol–water partition coefficient (Wildman–Crippen LogP) is 4.42. The van der Waals surface area contributed by atoms with Crippen molar-refractivity contribution in [2.45, 2.75) is 24.8 Å². The monoisotopic (exact) mass is 527 g/mol. The normalized spacial score (nSPS) is 15.0. The van der Waals surface area contributed by atoms with Crippen molar-refractivity contribution in [2.24, 2.45) is 0 Å². The van der Waals surface area contributed by atoms with Crippen LogP contribution in [0, 0.1) is 0 Å². The molecular weight excluding hydrogens is 502 g/mol. The van der Waals surface area contributed by atoms with Gasteiger partial charge in [-0.05, 0) is 62.4 Å². The number of fused-ring (bicyclic) bond motifs is 1. The number of para-hydroxylation sites is 3. The fourth-order valence-corrected chi connectivity index (χ4v) is 5.58. The highest BCUT2D eigenvalue weighted by Crippen LogP contribution is 2.37. The molecule has 36 heavy (non-hydrogen) atoms. The van der Waals surface area contributed by atoms with Gasteiger partial charge in [0.2, 0.25) is 0 Å². The van der Waals surface area contributed by atoms with Gasteiger partial charge in [-0.15, -0.1) is 0 Å². The third-order valence-electron chi connectivity index (χ3n) is 5.89. The summed E-state index contributed by atoms with van der Waals surface area (Å²) in [5.74, 6) is -0.521. The second-order valence-corrected chi connectivity index (χ2v) is 10.4. The summed E-state index contributed by atoms with van der Waals surface area (Å²) in [7, 11) is -4.02. The smallest absolute Gasteiger partial charge is 0.267 e. The second-order valence-electron chi connectivity index (χ2n) is 8.08. The molecule has 0 saturated heterocycles. The number of ether oxygens (including phenoxy) is 1. The molecule has 3 aromatic carbocycles. The van der Waals surface area contributed by atoms with Gasteiger partial charge < -0.3 is 15.0 Å². The van der Waals surface area contributed by atoms with Gasteiger partial charge in [0.1, 0.15) is 5.75 Å². The molecule has 1 aliphatic rings. The zero-order valence-electron chi connectivity index (χ0n) is 19.8. The molecule has 0 fully saturated rings. The van der Waals surface area contributed by atoms with Crippen LogP contribution >= 0.6 is 11.6 Å². The average molecular weight is 528 g/mol. The fraction of sp³-hybridized carbons (Fsp3) is 0.231. The Labute approximate surface area is 215 Å². The highest BCUT2D eigenvalue weighted by molar-refractivity contribution is 7.92. The number of sulfonamides is 1. The molecule has 0 radical (unpaired) electrons.